The van der Waals surface area contributed by atoms with Gasteiger partial charge in [0, 0.05) is 25.0 Å². The summed E-state index contributed by atoms with van der Waals surface area (Å²) in [6.07, 6.45) is 11.6. The molecule has 106 valence electrons. The molecule has 19 heavy (non-hydrogen) atoms. The molecule has 0 atom stereocenters. The number of hydrogen-bond donors (Lipinski definition) is 1. The molecule has 1 N–H and O–H groups in total. The Labute approximate surface area is 124 Å². The molecule has 0 saturated heterocycles. The van der Waals surface area contributed by atoms with Crippen molar-refractivity contribution >= 4 is 21.9 Å². The maximum atomic E-state index is 4.20. The van der Waals surface area contributed by atoms with Gasteiger partial charge in [0.1, 0.15) is 0 Å². The summed E-state index contributed by atoms with van der Waals surface area (Å²) in [6.45, 7) is 2.08. The molecule has 1 aliphatic carbocycles. The fourth-order valence-electron chi connectivity index (χ4n) is 2.64. The molecule has 5 heteroatoms. The maximum Gasteiger partial charge on any atom is 0.222 e. The van der Waals surface area contributed by atoms with Crippen LogP contribution in [-0.2, 0) is 0 Å². The van der Waals surface area contributed by atoms with E-state index in [0.717, 1.165) is 30.0 Å². The molecule has 1 aliphatic rings. The van der Waals surface area contributed by atoms with Crippen LogP contribution in [0, 0.1) is 0 Å². The summed E-state index contributed by atoms with van der Waals surface area (Å²) >= 11 is 3.33. The van der Waals surface area contributed by atoms with Crippen LogP contribution in [0.1, 0.15) is 38.5 Å². The molecular formula is C14H23BrN4. The Balaban J connectivity index is 1.62. The van der Waals surface area contributed by atoms with Gasteiger partial charge < -0.3 is 10.2 Å². The molecule has 0 radical (unpaired) electrons. The summed E-state index contributed by atoms with van der Waals surface area (Å²) in [5.74, 6) is 0.712. The second-order valence-electron chi connectivity index (χ2n) is 5.28. The topological polar surface area (TPSA) is 41.0 Å². The van der Waals surface area contributed by atoms with Gasteiger partial charge in [-0.05, 0) is 48.8 Å². The van der Waals surface area contributed by atoms with Crippen molar-refractivity contribution in [1.82, 2.24) is 14.9 Å². The van der Waals surface area contributed by atoms with Gasteiger partial charge in [-0.1, -0.05) is 19.3 Å². The highest BCUT2D eigenvalue weighted by Gasteiger charge is 2.17. The molecule has 1 heterocycles. The summed E-state index contributed by atoms with van der Waals surface area (Å²) in [5.41, 5.74) is 0. The minimum absolute atomic E-state index is 0.712. The third kappa shape index (κ3) is 5.07. The molecule has 1 saturated carbocycles. The van der Waals surface area contributed by atoms with E-state index in [-0.39, 0.29) is 0 Å². The fraction of sp³-hybridized carbons (Fsp3) is 0.714. The molecule has 0 aliphatic heterocycles. The normalized spacial score (nSPS) is 16.8. The van der Waals surface area contributed by atoms with E-state index in [9.17, 15) is 0 Å². The van der Waals surface area contributed by atoms with Gasteiger partial charge in [0.2, 0.25) is 5.95 Å². The molecule has 4 nitrogen and oxygen atoms in total. The van der Waals surface area contributed by atoms with Crippen LogP contribution in [-0.4, -0.2) is 41.0 Å². The Bertz CT molecular complexity index is 362. The van der Waals surface area contributed by atoms with Gasteiger partial charge in [0.15, 0.2) is 0 Å². The first-order valence-electron chi connectivity index (χ1n) is 7.17. The van der Waals surface area contributed by atoms with Gasteiger partial charge in [-0.25, -0.2) is 9.97 Å². The van der Waals surface area contributed by atoms with Crippen molar-refractivity contribution in [1.29, 1.82) is 0 Å². The quantitative estimate of drug-likeness (QED) is 0.814. The number of anilines is 1. The average Bonchev–Trinajstić information content (AvgIpc) is 2.46. The zero-order valence-corrected chi connectivity index (χ0v) is 13.2. The molecule has 1 fully saturated rings. The van der Waals surface area contributed by atoms with E-state index in [0.29, 0.717) is 5.95 Å². The Morgan fingerprint density at radius 3 is 2.63 bits per heavy atom. The predicted octanol–water partition coefficient (Wildman–Crippen LogP) is 3.31. The van der Waals surface area contributed by atoms with Crippen LogP contribution < -0.4 is 5.32 Å². The Hall–Kier alpha value is -0.680. The number of rotatable bonds is 6. The van der Waals surface area contributed by atoms with Crippen LogP contribution in [0.4, 0.5) is 5.95 Å². The lowest BCUT2D eigenvalue weighted by atomic mass is 9.94. The second-order valence-corrected chi connectivity index (χ2v) is 6.19. The van der Waals surface area contributed by atoms with E-state index >= 15 is 0 Å². The summed E-state index contributed by atoms with van der Waals surface area (Å²) in [7, 11) is 2.26. The minimum atomic E-state index is 0.712. The lowest BCUT2D eigenvalue weighted by molar-refractivity contribution is 0.191. The Kier molecular flexibility index (Phi) is 6.04. The summed E-state index contributed by atoms with van der Waals surface area (Å²) in [6, 6.07) is 0.803. The molecular weight excluding hydrogens is 304 g/mol. The van der Waals surface area contributed by atoms with Gasteiger partial charge in [-0.3, -0.25) is 0 Å². The average molecular weight is 327 g/mol. The van der Waals surface area contributed by atoms with Crippen molar-refractivity contribution in [3.63, 3.8) is 0 Å². The largest absolute Gasteiger partial charge is 0.354 e. The van der Waals surface area contributed by atoms with E-state index in [1.165, 1.54) is 32.1 Å². The van der Waals surface area contributed by atoms with E-state index in [4.69, 9.17) is 0 Å². The van der Waals surface area contributed by atoms with Crippen LogP contribution in [0.2, 0.25) is 0 Å². The lowest BCUT2D eigenvalue weighted by Crippen LogP contribution is -2.34. The molecule has 0 aromatic carbocycles. The van der Waals surface area contributed by atoms with Crippen molar-refractivity contribution in [3.05, 3.63) is 16.9 Å². The lowest BCUT2D eigenvalue weighted by Gasteiger charge is -2.31. The SMILES string of the molecule is CN(CCCNc1ncc(Br)cn1)C1CCCCC1. The number of aromatic nitrogens is 2. The Morgan fingerprint density at radius 1 is 1.26 bits per heavy atom. The number of nitrogens with one attached hydrogen (secondary N) is 1. The molecule has 0 spiro atoms. The van der Waals surface area contributed by atoms with Gasteiger partial charge in [0.25, 0.3) is 0 Å². The van der Waals surface area contributed by atoms with E-state index < -0.39 is 0 Å². The van der Waals surface area contributed by atoms with Gasteiger partial charge in [-0.15, -0.1) is 0 Å². The van der Waals surface area contributed by atoms with E-state index in [1.807, 2.05) is 0 Å². The third-order valence-electron chi connectivity index (χ3n) is 3.79. The highest BCUT2D eigenvalue weighted by atomic mass is 79.9. The number of nitrogens with zero attached hydrogens (tertiary/aromatic N) is 3. The zero-order valence-electron chi connectivity index (χ0n) is 11.6. The van der Waals surface area contributed by atoms with Crippen molar-refractivity contribution in [2.75, 3.05) is 25.5 Å². The van der Waals surface area contributed by atoms with Gasteiger partial charge in [-0.2, -0.15) is 0 Å². The molecule has 0 unspecified atom stereocenters. The standard InChI is InChI=1S/C14H23BrN4/c1-19(13-6-3-2-4-7-13)9-5-8-16-14-17-10-12(15)11-18-14/h10-11,13H,2-9H2,1H3,(H,16,17,18). The molecule has 1 aromatic rings. The second kappa shape index (κ2) is 7.80. The van der Waals surface area contributed by atoms with Gasteiger partial charge in [0.05, 0.1) is 4.47 Å². The first-order valence-corrected chi connectivity index (χ1v) is 7.96. The van der Waals surface area contributed by atoms with Crippen LogP contribution in [0.5, 0.6) is 0 Å². The zero-order chi connectivity index (χ0) is 13.5. The number of hydrogen-bond acceptors (Lipinski definition) is 4. The Morgan fingerprint density at radius 2 is 1.95 bits per heavy atom. The summed E-state index contributed by atoms with van der Waals surface area (Å²) in [4.78, 5) is 10.9. The highest BCUT2D eigenvalue weighted by molar-refractivity contribution is 9.10. The van der Waals surface area contributed by atoms with Crippen molar-refractivity contribution in [2.45, 2.75) is 44.6 Å². The van der Waals surface area contributed by atoms with Crippen LogP contribution in [0.3, 0.4) is 0 Å². The minimum Gasteiger partial charge on any atom is -0.354 e. The first-order chi connectivity index (χ1) is 9.25. The van der Waals surface area contributed by atoms with Crippen LogP contribution in [0.25, 0.3) is 0 Å². The predicted molar refractivity (Wildman–Crippen MR) is 82.3 cm³/mol. The maximum absolute atomic E-state index is 4.20. The summed E-state index contributed by atoms with van der Waals surface area (Å²) < 4.78 is 0.912. The van der Waals surface area contributed by atoms with Crippen molar-refractivity contribution in [3.8, 4) is 0 Å². The van der Waals surface area contributed by atoms with E-state index in [1.54, 1.807) is 12.4 Å². The number of halogens is 1. The van der Waals surface area contributed by atoms with Crippen molar-refractivity contribution < 1.29 is 0 Å². The van der Waals surface area contributed by atoms with Crippen LogP contribution >= 0.6 is 15.9 Å². The van der Waals surface area contributed by atoms with Crippen molar-refractivity contribution in [2.24, 2.45) is 0 Å². The molecule has 0 bridgehead atoms. The third-order valence-corrected chi connectivity index (χ3v) is 4.20. The first kappa shape index (κ1) is 14.7. The monoisotopic (exact) mass is 326 g/mol. The fourth-order valence-corrected chi connectivity index (χ4v) is 2.84. The molecule has 0 amide bonds. The van der Waals surface area contributed by atoms with Gasteiger partial charge >= 0.3 is 0 Å². The molecule has 1 aromatic heterocycles. The smallest absolute Gasteiger partial charge is 0.222 e. The van der Waals surface area contributed by atoms with E-state index in [2.05, 4.69) is 43.2 Å². The summed E-state index contributed by atoms with van der Waals surface area (Å²) in [5, 5.41) is 3.26. The highest BCUT2D eigenvalue weighted by Crippen LogP contribution is 2.21. The van der Waals surface area contributed by atoms with Crippen LogP contribution in [0.15, 0.2) is 16.9 Å². The molecule has 2 rings (SSSR count).